The Bertz CT molecular complexity index is 313. The Hall–Kier alpha value is -1.16. The van der Waals surface area contributed by atoms with E-state index in [4.69, 9.17) is 11.6 Å². The maximum atomic E-state index is 5.58. The molecule has 1 aromatic heterocycles. The highest BCUT2D eigenvalue weighted by Gasteiger charge is 2.09. The second-order valence-corrected chi connectivity index (χ2v) is 3.27. The van der Waals surface area contributed by atoms with Crippen molar-refractivity contribution < 1.29 is 0 Å². The van der Waals surface area contributed by atoms with Crippen LogP contribution >= 0.6 is 11.6 Å². The highest BCUT2D eigenvalue weighted by molar-refractivity contribution is 6.29. The van der Waals surface area contributed by atoms with E-state index in [0.29, 0.717) is 11.0 Å². The second-order valence-electron chi connectivity index (χ2n) is 2.88. The van der Waals surface area contributed by atoms with Crippen molar-refractivity contribution in [3.63, 3.8) is 0 Å². The summed E-state index contributed by atoms with van der Waals surface area (Å²) in [6.07, 6.45) is 3.43. The summed E-state index contributed by atoms with van der Waals surface area (Å²) in [6.45, 7) is 0. The Morgan fingerprint density at radius 2 is 2.15 bits per heavy atom. The van der Waals surface area contributed by atoms with Crippen LogP contribution in [0.1, 0.15) is 19.3 Å². The maximum absolute atomic E-state index is 5.58. The molecule has 0 radical (unpaired) electrons. The Labute approximate surface area is 81.0 Å². The van der Waals surface area contributed by atoms with E-state index in [9.17, 15) is 0 Å². The fourth-order valence-corrected chi connectivity index (χ4v) is 1.06. The van der Waals surface area contributed by atoms with Gasteiger partial charge in [0.1, 0.15) is 0 Å². The van der Waals surface area contributed by atoms with Crippen LogP contribution in [0.2, 0.25) is 5.15 Å². The fraction of sp³-hybridized carbons (Fsp3) is 0.375. The minimum absolute atomic E-state index is 0.391. The Morgan fingerprint density at radius 3 is 2.69 bits per heavy atom. The predicted octanol–water partition coefficient (Wildman–Crippen LogP) is 2.08. The van der Waals surface area contributed by atoms with E-state index in [1.807, 2.05) is 0 Å². The van der Waals surface area contributed by atoms with Crippen LogP contribution in [0.25, 0.3) is 0 Å². The topological polar surface area (TPSA) is 50.2 Å². The number of aromatic nitrogens is 2. The van der Waals surface area contributed by atoms with Crippen molar-refractivity contribution in [3.8, 4) is 0 Å². The second kappa shape index (κ2) is 3.70. The number of hydrazone groups is 1. The highest BCUT2D eigenvalue weighted by atomic mass is 35.5. The molecule has 1 heterocycles. The molecule has 0 aliphatic heterocycles. The summed E-state index contributed by atoms with van der Waals surface area (Å²) in [5, 5.41) is 12.0. The molecule has 5 heteroatoms. The maximum Gasteiger partial charge on any atom is 0.168 e. The fourth-order valence-electron chi connectivity index (χ4n) is 0.959. The first kappa shape index (κ1) is 8.44. The van der Waals surface area contributed by atoms with E-state index >= 15 is 0 Å². The smallest absolute Gasteiger partial charge is 0.168 e. The largest absolute Gasteiger partial charge is 0.260 e. The summed E-state index contributed by atoms with van der Waals surface area (Å²) < 4.78 is 0. The molecule has 0 saturated heterocycles. The molecule has 0 unspecified atom stereocenters. The molecule has 1 aromatic rings. The van der Waals surface area contributed by atoms with Crippen molar-refractivity contribution >= 4 is 23.1 Å². The summed E-state index contributed by atoms with van der Waals surface area (Å²) in [5.41, 5.74) is 4.02. The van der Waals surface area contributed by atoms with Gasteiger partial charge in [0.15, 0.2) is 11.0 Å². The van der Waals surface area contributed by atoms with Crippen LogP contribution in [-0.2, 0) is 0 Å². The van der Waals surface area contributed by atoms with Gasteiger partial charge in [0.25, 0.3) is 0 Å². The zero-order valence-electron chi connectivity index (χ0n) is 7.00. The molecule has 0 spiro atoms. The summed E-state index contributed by atoms with van der Waals surface area (Å²) in [6, 6.07) is 3.43. The number of anilines is 1. The Kier molecular flexibility index (Phi) is 2.40. The molecule has 1 aliphatic rings. The molecule has 1 fully saturated rings. The summed E-state index contributed by atoms with van der Waals surface area (Å²) >= 11 is 5.58. The van der Waals surface area contributed by atoms with Crippen molar-refractivity contribution in [2.45, 2.75) is 19.3 Å². The first-order chi connectivity index (χ1) is 6.34. The van der Waals surface area contributed by atoms with Gasteiger partial charge in [-0.3, -0.25) is 5.43 Å². The number of rotatable bonds is 2. The molecule has 4 nitrogen and oxygen atoms in total. The van der Waals surface area contributed by atoms with Crippen LogP contribution < -0.4 is 5.43 Å². The number of halogens is 1. The molecule has 0 aromatic carbocycles. The highest BCUT2D eigenvalue weighted by Crippen LogP contribution is 2.14. The van der Waals surface area contributed by atoms with Gasteiger partial charge in [0, 0.05) is 5.71 Å². The van der Waals surface area contributed by atoms with Crippen LogP contribution in [0, 0.1) is 0 Å². The summed E-state index contributed by atoms with van der Waals surface area (Å²) in [5.74, 6) is 0.629. The number of hydrogen-bond donors (Lipinski definition) is 1. The monoisotopic (exact) mass is 196 g/mol. The molecular weight excluding hydrogens is 188 g/mol. The van der Waals surface area contributed by atoms with Gasteiger partial charge in [0.05, 0.1) is 0 Å². The van der Waals surface area contributed by atoms with Gasteiger partial charge in [-0.1, -0.05) is 11.6 Å². The van der Waals surface area contributed by atoms with E-state index in [-0.39, 0.29) is 0 Å². The zero-order valence-corrected chi connectivity index (χ0v) is 7.75. The lowest BCUT2D eigenvalue weighted by molar-refractivity contribution is 0.797. The van der Waals surface area contributed by atoms with Crippen molar-refractivity contribution in [1.82, 2.24) is 10.2 Å². The van der Waals surface area contributed by atoms with Crippen LogP contribution in [0.5, 0.6) is 0 Å². The van der Waals surface area contributed by atoms with Gasteiger partial charge in [-0.05, 0) is 31.4 Å². The quantitative estimate of drug-likeness (QED) is 0.737. The lowest BCUT2D eigenvalue weighted by Gasteiger charge is -2.13. The van der Waals surface area contributed by atoms with Gasteiger partial charge >= 0.3 is 0 Å². The molecule has 1 aliphatic carbocycles. The van der Waals surface area contributed by atoms with Crippen molar-refractivity contribution in [2.75, 3.05) is 5.43 Å². The van der Waals surface area contributed by atoms with Crippen LogP contribution in [0.15, 0.2) is 17.2 Å². The van der Waals surface area contributed by atoms with E-state index in [0.717, 1.165) is 12.8 Å². The minimum atomic E-state index is 0.391. The average Bonchev–Trinajstić information content (AvgIpc) is 2.05. The third-order valence-corrected chi connectivity index (χ3v) is 2.09. The summed E-state index contributed by atoms with van der Waals surface area (Å²) in [7, 11) is 0. The molecular formula is C8H9ClN4. The Balaban J connectivity index is 1.97. The third-order valence-electron chi connectivity index (χ3n) is 1.89. The molecule has 13 heavy (non-hydrogen) atoms. The third kappa shape index (κ3) is 2.15. The molecule has 1 N–H and O–H groups in total. The predicted molar refractivity (Wildman–Crippen MR) is 52.0 cm³/mol. The van der Waals surface area contributed by atoms with Gasteiger partial charge in [-0.25, -0.2) is 0 Å². The van der Waals surface area contributed by atoms with Crippen LogP contribution in [0.3, 0.4) is 0 Å². The standard InChI is InChI=1S/C8H9ClN4/c9-7-4-5-8(13-11-7)12-10-6-2-1-3-6/h4-5H,1-3H2,(H,12,13). The van der Waals surface area contributed by atoms with Gasteiger partial charge in [-0.2, -0.15) is 5.10 Å². The van der Waals surface area contributed by atoms with Gasteiger partial charge < -0.3 is 0 Å². The first-order valence-corrected chi connectivity index (χ1v) is 4.53. The molecule has 2 rings (SSSR count). The van der Waals surface area contributed by atoms with Gasteiger partial charge in [0.2, 0.25) is 0 Å². The number of nitrogens with one attached hydrogen (secondary N) is 1. The van der Waals surface area contributed by atoms with E-state index < -0.39 is 0 Å². The molecule has 0 bridgehead atoms. The van der Waals surface area contributed by atoms with Crippen LogP contribution in [0.4, 0.5) is 5.82 Å². The number of nitrogens with zero attached hydrogens (tertiary/aromatic N) is 3. The minimum Gasteiger partial charge on any atom is -0.260 e. The van der Waals surface area contributed by atoms with E-state index in [1.54, 1.807) is 12.1 Å². The molecule has 1 saturated carbocycles. The zero-order chi connectivity index (χ0) is 9.10. The first-order valence-electron chi connectivity index (χ1n) is 4.15. The lowest BCUT2D eigenvalue weighted by atomic mass is 9.98. The van der Waals surface area contributed by atoms with E-state index in [1.165, 1.54) is 12.1 Å². The Morgan fingerprint density at radius 1 is 1.31 bits per heavy atom. The van der Waals surface area contributed by atoms with Crippen molar-refractivity contribution in [1.29, 1.82) is 0 Å². The number of hydrogen-bond acceptors (Lipinski definition) is 4. The normalized spacial score (nSPS) is 15.0. The van der Waals surface area contributed by atoms with Gasteiger partial charge in [-0.15, -0.1) is 10.2 Å². The molecule has 0 atom stereocenters. The average molecular weight is 197 g/mol. The van der Waals surface area contributed by atoms with E-state index in [2.05, 4.69) is 20.7 Å². The SMILES string of the molecule is Clc1ccc(NN=C2CCC2)nn1. The molecule has 68 valence electrons. The lowest BCUT2D eigenvalue weighted by Crippen LogP contribution is -2.12. The summed E-state index contributed by atoms with van der Waals surface area (Å²) in [4.78, 5) is 0. The van der Waals surface area contributed by atoms with Crippen molar-refractivity contribution in [3.05, 3.63) is 17.3 Å². The van der Waals surface area contributed by atoms with Crippen LogP contribution in [-0.4, -0.2) is 15.9 Å². The van der Waals surface area contributed by atoms with Crippen molar-refractivity contribution in [2.24, 2.45) is 5.10 Å². The molecule has 0 amide bonds.